The second-order valence-electron chi connectivity index (χ2n) is 3.62. The van der Waals surface area contributed by atoms with Gasteiger partial charge < -0.3 is 16.2 Å². The molecule has 0 rings (SSSR count). The van der Waals surface area contributed by atoms with E-state index in [1.54, 1.807) is 0 Å². The lowest BCUT2D eigenvalue weighted by Crippen LogP contribution is -2.30. The summed E-state index contributed by atoms with van der Waals surface area (Å²) in [4.78, 5) is 21.5. The summed E-state index contributed by atoms with van der Waals surface area (Å²) in [6.45, 7) is 0.581. The molecule has 0 radical (unpaired) electrons. The molecular weight excluding hydrogens is 228 g/mol. The SMILES string of the molecule is N[C@@H](CCCCNC(=O)CCCS)C(=O)O. The molecule has 6 heteroatoms. The molecule has 0 aliphatic rings. The third-order valence-electron chi connectivity index (χ3n) is 2.14. The van der Waals surface area contributed by atoms with Gasteiger partial charge in [0.25, 0.3) is 0 Å². The van der Waals surface area contributed by atoms with E-state index < -0.39 is 12.0 Å². The number of aliphatic carboxylic acids is 1. The van der Waals surface area contributed by atoms with Crippen LogP contribution in [0.25, 0.3) is 0 Å². The minimum atomic E-state index is -0.974. The summed E-state index contributed by atoms with van der Waals surface area (Å²) in [5, 5.41) is 11.3. The molecule has 0 unspecified atom stereocenters. The molecule has 0 heterocycles. The Morgan fingerprint density at radius 2 is 2.00 bits per heavy atom. The number of amides is 1. The highest BCUT2D eigenvalue weighted by Gasteiger charge is 2.09. The fourth-order valence-electron chi connectivity index (χ4n) is 1.17. The summed E-state index contributed by atoms with van der Waals surface area (Å²) in [7, 11) is 0. The van der Waals surface area contributed by atoms with Crippen molar-refractivity contribution in [2.45, 2.75) is 38.1 Å². The number of rotatable bonds is 9. The normalized spacial score (nSPS) is 12.1. The average Bonchev–Trinajstić information content (AvgIpc) is 2.25. The number of hydrogen-bond donors (Lipinski definition) is 4. The maximum absolute atomic E-state index is 11.1. The summed E-state index contributed by atoms with van der Waals surface area (Å²) >= 11 is 4.01. The topological polar surface area (TPSA) is 92.4 Å². The molecule has 0 aromatic carbocycles. The fraction of sp³-hybridized carbons (Fsp3) is 0.800. The van der Waals surface area contributed by atoms with Crippen LogP contribution in [-0.4, -0.2) is 35.3 Å². The third-order valence-corrected chi connectivity index (χ3v) is 2.46. The van der Waals surface area contributed by atoms with Crippen LogP contribution in [0, 0.1) is 0 Å². The molecule has 0 aliphatic carbocycles. The van der Waals surface area contributed by atoms with Crippen molar-refractivity contribution in [3.8, 4) is 0 Å². The molecule has 4 N–H and O–H groups in total. The molecule has 5 nitrogen and oxygen atoms in total. The van der Waals surface area contributed by atoms with Crippen molar-refractivity contribution < 1.29 is 14.7 Å². The highest BCUT2D eigenvalue weighted by Crippen LogP contribution is 1.98. The van der Waals surface area contributed by atoms with E-state index in [0.29, 0.717) is 31.6 Å². The van der Waals surface area contributed by atoms with Crippen LogP contribution < -0.4 is 11.1 Å². The van der Waals surface area contributed by atoms with Crippen molar-refractivity contribution in [1.29, 1.82) is 0 Å². The van der Waals surface area contributed by atoms with E-state index >= 15 is 0 Å². The van der Waals surface area contributed by atoms with Gasteiger partial charge in [0.05, 0.1) is 0 Å². The second-order valence-corrected chi connectivity index (χ2v) is 4.06. The van der Waals surface area contributed by atoms with Crippen LogP contribution in [0.1, 0.15) is 32.1 Å². The van der Waals surface area contributed by atoms with Crippen LogP contribution in [0.4, 0.5) is 0 Å². The van der Waals surface area contributed by atoms with Crippen LogP contribution in [0.5, 0.6) is 0 Å². The molecule has 16 heavy (non-hydrogen) atoms. The highest BCUT2D eigenvalue weighted by atomic mass is 32.1. The van der Waals surface area contributed by atoms with E-state index in [1.165, 1.54) is 0 Å². The Morgan fingerprint density at radius 3 is 2.56 bits per heavy atom. The maximum Gasteiger partial charge on any atom is 0.320 e. The number of carbonyl (C=O) groups is 2. The Hall–Kier alpha value is -0.750. The Bertz CT molecular complexity index is 224. The van der Waals surface area contributed by atoms with Gasteiger partial charge in [0.15, 0.2) is 0 Å². The van der Waals surface area contributed by atoms with Gasteiger partial charge in [-0.3, -0.25) is 9.59 Å². The summed E-state index contributed by atoms with van der Waals surface area (Å²) in [6, 6.07) is -0.792. The van der Waals surface area contributed by atoms with Crippen LogP contribution in [0.15, 0.2) is 0 Å². The average molecular weight is 248 g/mol. The number of thiol groups is 1. The molecule has 0 aromatic rings. The summed E-state index contributed by atoms with van der Waals surface area (Å²) < 4.78 is 0. The standard InChI is InChI=1S/C10H20N2O3S/c11-8(10(14)15)4-1-2-6-12-9(13)5-3-7-16/h8,16H,1-7,11H2,(H,12,13)(H,14,15)/t8-/m0/s1. The zero-order valence-corrected chi connectivity index (χ0v) is 10.2. The number of unbranched alkanes of at least 4 members (excludes halogenated alkanes) is 1. The van der Waals surface area contributed by atoms with Gasteiger partial charge in [0, 0.05) is 13.0 Å². The van der Waals surface area contributed by atoms with E-state index in [2.05, 4.69) is 17.9 Å². The number of nitrogens with one attached hydrogen (secondary N) is 1. The van der Waals surface area contributed by atoms with E-state index in [9.17, 15) is 9.59 Å². The molecular formula is C10H20N2O3S. The minimum absolute atomic E-state index is 0.0246. The van der Waals surface area contributed by atoms with Gasteiger partial charge in [0.1, 0.15) is 6.04 Å². The molecule has 0 aromatic heterocycles. The van der Waals surface area contributed by atoms with E-state index in [4.69, 9.17) is 10.8 Å². The van der Waals surface area contributed by atoms with Gasteiger partial charge in [-0.25, -0.2) is 0 Å². The van der Waals surface area contributed by atoms with Gasteiger partial charge in [-0.15, -0.1) is 0 Å². The van der Waals surface area contributed by atoms with E-state index in [-0.39, 0.29) is 5.91 Å². The Labute approximate surface area is 101 Å². The van der Waals surface area contributed by atoms with Crippen LogP contribution in [0.2, 0.25) is 0 Å². The first kappa shape index (κ1) is 15.2. The number of hydrogen-bond acceptors (Lipinski definition) is 4. The lowest BCUT2D eigenvalue weighted by Gasteiger charge is -2.06. The molecule has 1 atom stereocenters. The molecule has 0 bridgehead atoms. The molecule has 0 saturated heterocycles. The van der Waals surface area contributed by atoms with Crippen molar-refractivity contribution in [3.05, 3.63) is 0 Å². The van der Waals surface area contributed by atoms with E-state index in [1.807, 2.05) is 0 Å². The molecule has 0 fully saturated rings. The van der Waals surface area contributed by atoms with Crippen LogP contribution in [-0.2, 0) is 9.59 Å². The number of nitrogens with two attached hydrogens (primary N) is 1. The largest absolute Gasteiger partial charge is 0.480 e. The number of carboxylic acids is 1. The first-order chi connectivity index (χ1) is 7.57. The first-order valence-corrected chi connectivity index (χ1v) is 6.07. The fourth-order valence-corrected chi connectivity index (χ4v) is 1.33. The molecule has 0 aliphatic heterocycles. The Morgan fingerprint density at radius 1 is 1.31 bits per heavy atom. The molecule has 0 saturated carbocycles. The third kappa shape index (κ3) is 8.55. The lowest BCUT2D eigenvalue weighted by molar-refractivity contribution is -0.138. The van der Waals surface area contributed by atoms with Gasteiger partial charge in [-0.2, -0.15) is 12.6 Å². The quantitative estimate of drug-likeness (QED) is 0.351. The molecule has 1 amide bonds. The predicted octanol–water partition coefficient (Wildman–Crippen LogP) is 0.395. The smallest absolute Gasteiger partial charge is 0.320 e. The first-order valence-electron chi connectivity index (χ1n) is 5.44. The summed E-state index contributed by atoms with van der Waals surface area (Å²) in [5.41, 5.74) is 5.33. The maximum atomic E-state index is 11.1. The lowest BCUT2D eigenvalue weighted by atomic mass is 10.1. The Balaban J connectivity index is 3.33. The molecule has 0 spiro atoms. The monoisotopic (exact) mass is 248 g/mol. The predicted molar refractivity (Wildman–Crippen MR) is 65.6 cm³/mol. The number of carbonyl (C=O) groups excluding carboxylic acids is 1. The zero-order chi connectivity index (χ0) is 12.4. The Kier molecular flexibility index (Phi) is 9.03. The summed E-state index contributed by atoms with van der Waals surface area (Å²) in [5.74, 6) is -0.240. The van der Waals surface area contributed by atoms with Gasteiger partial charge in [0.2, 0.25) is 5.91 Å². The van der Waals surface area contributed by atoms with Gasteiger partial charge in [-0.05, 0) is 31.4 Å². The van der Waals surface area contributed by atoms with E-state index in [0.717, 1.165) is 12.8 Å². The van der Waals surface area contributed by atoms with Crippen LogP contribution >= 0.6 is 12.6 Å². The van der Waals surface area contributed by atoms with Crippen molar-refractivity contribution in [1.82, 2.24) is 5.32 Å². The van der Waals surface area contributed by atoms with Gasteiger partial charge >= 0.3 is 5.97 Å². The molecule has 94 valence electrons. The summed E-state index contributed by atoms with van der Waals surface area (Å²) in [6.07, 6.45) is 3.19. The number of carboxylic acid groups (broad SMARTS) is 1. The second kappa shape index (κ2) is 9.47. The van der Waals surface area contributed by atoms with Crippen molar-refractivity contribution in [2.75, 3.05) is 12.3 Å². The van der Waals surface area contributed by atoms with Gasteiger partial charge in [-0.1, -0.05) is 0 Å². The zero-order valence-electron chi connectivity index (χ0n) is 9.32. The van der Waals surface area contributed by atoms with Crippen molar-refractivity contribution >= 4 is 24.5 Å². The minimum Gasteiger partial charge on any atom is -0.480 e. The highest BCUT2D eigenvalue weighted by molar-refractivity contribution is 7.80. The van der Waals surface area contributed by atoms with Crippen molar-refractivity contribution in [3.63, 3.8) is 0 Å². The van der Waals surface area contributed by atoms with Crippen molar-refractivity contribution in [2.24, 2.45) is 5.73 Å². The van der Waals surface area contributed by atoms with Crippen LogP contribution in [0.3, 0.4) is 0 Å².